The van der Waals surface area contributed by atoms with Gasteiger partial charge in [-0.25, -0.2) is 0 Å². The van der Waals surface area contributed by atoms with Gasteiger partial charge in [-0.2, -0.15) is 5.26 Å². The zero-order valence-corrected chi connectivity index (χ0v) is 10.7. The maximum atomic E-state index is 8.98. The van der Waals surface area contributed by atoms with Gasteiger partial charge in [0.15, 0.2) is 0 Å². The minimum atomic E-state index is -0.00394. The number of aryl methyl sites for hydroxylation is 1. The molecule has 5 nitrogen and oxygen atoms in total. The second kappa shape index (κ2) is 4.82. The smallest absolute Gasteiger partial charge is 0.233 e. The second-order valence-corrected chi connectivity index (χ2v) is 4.71. The fourth-order valence-corrected chi connectivity index (χ4v) is 2.52. The lowest BCUT2D eigenvalue weighted by Crippen LogP contribution is -2.34. The second-order valence-electron chi connectivity index (χ2n) is 4.71. The molecule has 0 spiro atoms. The number of benzene rings is 1. The minimum absolute atomic E-state index is 0.00394. The van der Waals surface area contributed by atoms with E-state index in [0.717, 1.165) is 13.0 Å². The summed E-state index contributed by atoms with van der Waals surface area (Å²) < 4.78 is 5.54. The van der Waals surface area contributed by atoms with E-state index in [1.54, 1.807) is 6.92 Å². The van der Waals surface area contributed by atoms with Gasteiger partial charge in [-0.3, -0.25) is 4.90 Å². The van der Waals surface area contributed by atoms with Crippen LogP contribution in [0.4, 0.5) is 0 Å². The molecule has 19 heavy (non-hydrogen) atoms. The molecule has 0 aliphatic carbocycles. The molecule has 0 unspecified atom stereocenters. The molecule has 0 saturated heterocycles. The van der Waals surface area contributed by atoms with E-state index < -0.39 is 0 Å². The van der Waals surface area contributed by atoms with Gasteiger partial charge in [-0.05, 0) is 17.5 Å². The quantitative estimate of drug-likeness (QED) is 0.767. The van der Waals surface area contributed by atoms with Gasteiger partial charge in [0.1, 0.15) is 0 Å². The third-order valence-corrected chi connectivity index (χ3v) is 3.45. The van der Waals surface area contributed by atoms with Crippen molar-refractivity contribution >= 4 is 0 Å². The maximum absolute atomic E-state index is 8.98. The highest BCUT2D eigenvalue weighted by atomic mass is 16.4. The average Bonchev–Trinajstić information content (AvgIpc) is 2.85. The predicted octanol–water partition coefficient (Wildman–Crippen LogP) is 2.00. The summed E-state index contributed by atoms with van der Waals surface area (Å²) >= 11 is 0. The van der Waals surface area contributed by atoms with Gasteiger partial charge < -0.3 is 4.42 Å². The van der Waals surface area contributed by atoms with Crippen molar-refractivity contribution < 1.29 is 4.42 Å². The van der Waals surface area contributed by atoms with Crippen LogP contribution in [0.3, 0.4) is 0 Å². The van der Waals surface area contributed by atoms with Crippen molar-refractivity contribution in [2.24, 2.45) is 0 Å². The molecule has 0 saturated carbocycles. The van der Waals surface area contributed by atoms with Gasteiger partial charge >= 0.3 is 0 Å². The number of fused-ring (bicyclic) bond motifs is 1. The first-order chi connectivity index (χ1) is 9.28. The Kier molecular flexibility index (Phi) is 3.02. The Labute approximate surface area is 111 Å². The summed E-state index contributed by atoms with van der Waals surface area (Å²) in [5, 5.41) is 17.0. The van der Waals surface area contributed by atoms with E-state index in [1.165, 1.54) is 11.1 Å². The van der Waals surface area contributed by atoms with E-state index in [4.69, 9.17) is 9.68 Å². The fourth-order valence-electron chi connectivity index (χ4n) is 2.52. The van der Waals surface area contributed by atoms with Crippen LogP contribution in [0.15, 0.2) is 28.7 Å². The summed E-state index contributed by atoms with van der Waals surface area (Å²) in [4.78, 5) is 2.08. The van der Waals surface area contributed by atoms with E-state index >= 15 is 0 Å². The molecule has 0 radical (unpaired) electrons. The van der Waals surface area contributed by atoms with Crippen LogP contribution in [0.25, 0.3) is 0 Å². The summed E-state index contributed by atoms with van der Waals surface area (Å²) in [6, 6.07) is 10.5. The molecule has 3 rings (SSSR count). The van der Waals surface area contributed by atoms with Gasteiger partial charge in [-0.15, -0.1) is 10.2 Å². The van der Waals surface area contributed by atoms with Crippen LogP contribution in [0.2, 0.25) is 0 Å². The third-order valence-electron chi connectivity index (χ3n) is 3.45. The minimum Gasteiger partial charge on any atom is -0.424 e. The normalized spacial score (nSPS) is 18.8. The van der Waals surface area contributed by atoms with Gasteiger partial charge in [0.2, 0.25) is 11.8 Å². The predicted molar refractivity (Wildman–Crippen MR) is 67.9 cm³/mol. The van der Waals surface area contributed by atoms with Gasteiger partial charge in [0.25, 0.3) is 0 Å². The SMILES string of the molecule is Cc1nnc([C@H]2Cc3ccccc3CN2CC#N)o1. The first-order valence-electron chi connectivity index (χ1n) is 6.25. The Balaban J connectivity index is 1.96. The van der Waals surface area contributed by atoms with Crippen molar-refractivity contribution in [2.75, 3.05) is 6.54 Å². The zero-order chi connectivity index (χ0) is 13.2. The molecule has 2 heterocycles. The number of nitrogens with zero attached hydrogens (tertiary/aromatic N) is 4. The van der Waals surface area contributed by atoms with Crippen molar-refractivity contribution in [3.05, 3.63) is 47.2 Å². The molecule has 5 heteroatoms. The lowest BCUT2D eigenvalue weighted by molar-refractivity contribution is 0.165. The van der Waals surface area contributed by atoms with Gasteiger partial charge in [0, 0.05) is 13.5 Å². The van der Waals surface area contributed by atoms with Crippen molar-refractivity contribution in [1.29, 1.82) is 5.26 Å². The Morgan fingerprint density at radius 2 is 2.16 bits per heavy atom. The summed E-state index contributed by atoms with van der Waals surface area (Å²) in [6.45, 7) is 2.89. The lowest BCUT2D eigenvalue weighted by atomic mass is 9.94. The Bertz CT molecular complexity index is 628. The van der Waals surface area contributed by atoms with Crippen LogP contribution >= 0.6 is 0 Å². The summed E-state index contributed by atoms with van der Waals surface area (Å²) in [7, 11) is 0. The van der Waals surface area contributed by atoms with Crippen LogP contribution < -0.4 is 0 Å². The van der Waals surface area contributed by atoms with Crippen molar-refractivity contribution in [3.8, 4) is 6.07 Å². The Morgan fingerprint density at radius 1 is 1.37 bits per heavy atom. The van der Waals surface area contributed by atoms with Crippen LogP contribution in [0, 0.1) is 18.3 Å². The molecule has 1 aliphatic heterocycles. The topological polar surface area (TPSA) is 66.0 Å². The van der Waals surface area contributed by atoms with Crippen molar-refractivity contribution in [1.82, 2.24) is 15.1 Å². The summed E-state index contributed by atoms with van der Waals surface area (Å²) in [5.74, 6) is 1.16. The zero-order valence-electron chi connectivity index (χ0n) is 10.7. The molecule has 0 N–H and O–H groups in total. The first kappa shape index (κ1) is 11.9. The molecule has 1 atom stereocenters. The van der Waals surface area contributed by atoms with Crippen molar-refractivity contribution in [3.63, 3.8) is 0 Å². The number of aromatic nitrogens is 2. The molecule has 1 aromatic heterocycles. The van der Waals surface area contributed by atoms with E-state index in [0.29, 0.717) is 18.3 Å². The highest BCUT2D eigenvalue weighted by Gasteiger charge is 2.30. The maximum Gasteiger partial charge on any atom is 0.233 e. The van der Waals surface area contributed by atoms with Crippen LogP contribution in [0.5, 0.6) is 0 Å². The fraction of sp³-hybridized carbons (Fsp3) is 0.357. The Hall–Kier alpha value is -2.19. The molecular weight excluding hydrogens is 240 g/mol. The van der Waals surface area contributed by atoms with E-state index in [2.05, 4.69) is 33.3 Å². The van der Waals surface area contributed by atoms with Crippen LogP contribution in [-0.2, 0) is 13.0 Å². The van der Waals surface area contributed by atoms with E-state index in [9.17, 15) is 0 Å². The van der Waals surface area contributed by atoms with E-state index in [1.807, 2.05) is 12.1 Å². The molecule has 1 aromatic carbocycles. The summed E-state index contributed by atoms with van der Waals surface area (Å²) in [5.41, 5.74) is 2.56. The first-order valence-corrected chi connectivity index (χ1v) is 6.25. The largest absolute Gasteiger partial charge is 0.424 e. The highest BCUT2D eigenvalue weighted by Crippen LogP contribution is 2.32. The van der Waals surface area contributed by atoms with E-state index in [-0.39, 0.29) is 6.04 Å². The highest BCUT2D eigenvalue weighted by molar-refractivity contribution is 5.31. The number of nitriles is 1. The van der Waals surface area contributed by atoms with Crippen LogP contribution in [0.1, 0.15) is 29.0 Å². The van der Waals surface area contributed by atoms with Crippen molar-refractivity contribution in [2.45, 2.75) is 25.9 Å². The van der Waals surface area contributed by atoms with Gasteiger partial charge in [0.05, 0.1) is 18.7 Å². The molecule has 0 amide bonds. The molecule has 96 valence electrons. The lowest BCUT2D eigenvalue weighted by Gasteiger charge is -2.33. The third kappa shape index (κ3) is 2.23. The molecular formula is C14H14N4O. The molecule has 2 aromatic rings. The summed E-state index contributed by atoms with van der Waals surface area (Å²) in [6.07, 6.45) is 0.805. The van der Waals surface area contributed by atoms with Crippen LogP contribution in [-0.4, -0.2) is 21.6 Å². The Morgan fingerprint density at radius 3 is 2.84 bits per heavy atom. The number of hydrogen-bond donors (Lipinski definition) is 0. The monoisotopic (exact) mass is 254 g/mol. The number of hydrogen-bond acceptors (Lipinski definition) is 5. The molecule has 0 bridgehead atoms. The van der Waals surface area contributed by atoms with Gasteiger partial charge in [-0.1, -0.05) is 24.3 Å². The number of rotatable bonds is 2. The standard InChI is InChI=1S/C14H14N4O/c1-10-16-17-14(19-10)13-8-11-4-2-3-5-12(11)9-18(13)7-6-15/h2-5,13H,7-9H2,1H3/t13-/m1/s1. The average molecular weight is 254 g/mol. The molecule has 0 fully saturated rings. The molecule has 1 aliphatic rings.